The van der Waals surface area contributed by atoms with Crippen molar-refractivity contribution in [1.82, 2.24) is 19.4 Å². The summed E-state index contributed by atoms with van der Waals surface area (Å²) in [6.45, 7) is 4.00. The van der Waals surface area contributed by atoms with Crippen molar-refractivity contribution in [3.63, 3.8) is 0 Å². The first kappa shape index (κ1) is 19.0. The number of thiazole rings is 1. The minimum atomic E-state index is -0.162. The summed E-state index contributed by atoms with van der Waals surface area (Å²) in [5.74, 6) is 0.695. The Hall–Kier alpha value is -2.77. The summed E-state index contributed by atoms with van der Waals surface area (Å²) in [5.41, 5.74) is 2.00. The second kappa shape index (κ2) is 8.28. The third-order valence-electron chi connectivity index (χ3n) is 3.65. The minimum Gasteiger partial charge on any atom is -0.497 e. The molecule has 3 aromatic heterocycles. The smallest absolute Gasteiger partial charge is 0.258 e. The van der Waals surface area contributed by atoms with E-state index in [2.05, 4.69) is 15.0 Å². The molecule has 0 aliphatic heterocycles. The number of benzene rings is 1. The molecule has 0 saturated carbocycles. The van der Waals surface area contributed by atoms with Crippen LogP contribution in [-0.4, -0.2) is 26.5 Å². The second-order valence-electron chi connectivity index (χ2n) is 5.12. The molecule has 4 rings (SSSR count). The molecule has 0 N–H and O–H groups in total. The Balaban J connectivity index is 0.00000102. The number of hydrogen-bond acceptors (Lipinski definition) is 6. The monoisotopic (exact) mass is 400 g/mol. The maximum absolute atomic E-state index is 12.5. The van der Waals surface area contributed by atoms with Crippen LogP contribution in [0.4, 0.5) is 0 Å². The first-order valence-electron chi connectivity index (χ1n) is 8.31. The van der Waals surface area contributed by atoms with Crippen LogP contribution < -0.4 is 10.3 Å². The van der Waals surface area contributed by atoms with Crippen LogP contribution in [0.15, 0.2) is 53.6 Å². The van der Waals surface area contributed by atoms with Gasteiger partial charge in [0.1, 0.15) is 5.75 Å². The van der Waals surface area contributed by atoms with E-state index in [9.17, 15) is 4.79 Å². The molecule has 0 radical (unpaired) electrons. The number of nitrogens with zero attached hydrogens (tertiary/aromatic N) is 4. The number of ether oxygens (including phenoxy) is 1. The summed E-state index contributed by atoms with van der Waals surface area (Å²) in [6, 6.07) is 10.7. The van der Waals surface area contributed by atoms with E-state index in [0.717, 1.165) is 10.4 Å². The molecule has 4 aromatic rings. The summed E-state index contributed by atoms with van der Waals surface area (Å²) in [7, 11) is 1.60. The average Bonchev–Trinajstić information content (AvgIpc) is 3.11. The zero-order valence-electron chi connectivity index (χ0n) is 15.0. The molecule has 27 heavy (non-hydrogen) atoms. The molecule has 0 spiro atoms. The lowest BCUT2D eigenvalue weighted by atomic mass is 10.1. The van der Waals surface area contributed by atoms with E-state index in [1.165, 1.54) is 23.6 Å². The predicted octanol–water partition coefficient (Wildman–Crippen LogP) is 4.57. The van der Waals surface area contributed by atoms with Crippen molar-refractivity contribution in [1.29, 1.82) is 0 Å². The van der Waals surface area contributed by atoms with E-state index < -0.39 is 0 Å². The predicted molar refractivity (Wildman–Crippen MR) is 109 cm³/mol. The Kier molecular flexibility index (Phi) is 5.83. The highest BCUT2D eigenvalue weighted by atomic mass is 35.5. The normalized spacial score (nSPS) is 10.4. The average molecular weight is 401 g/mol. The first-order valence-corrected chi connectivity index (χ1v) is 9.51. The Morgan fingerprint density at radius 1 is 1.11 bits per heavy atom. The van der Waals surface area contributed by atoms with Crippen LogP contribution in [0.5, 0.6) is 5.75 Å². The topological polar surface area (TPSA) is 69.4 Å². The zero-order valence-corrected chi connectivity index (χ0v) is 16.6. The summed E-state index contributed by atoms with van der Waals surface area (Å²) >= 11 is 7.32. The van der Waals surface area contributed by atoms with E-state index in [4.69, 9.17) is 16.3 Å². The van der Waals surface area contributed by atoms with Crippen molar-refractivity contribution < 1.29 is 4.74 Å². The molecular formula is C19H17ClN4O2S. The van der Waals surface area contributed by atoms with Gasteiger partial charge in [0.2, 0.25) is 5.28 Å². The van der Waals surface area contributed by atoms with Crippen molar-refractivity contribution in [3.8, 4) is 27.6 Å². The minimum absolute atomic E-state index is 0.145. The molecule has 0 atom stereocenters. The SMILES string of the molecule is CC.COc1cccc(-c2c(-c3ccnc(Cl)n3)sc3nccc(=O)n23)c1. The number of hydrogen-bond donors (Lipinski definition) is 0. The molecular weight excluding hydrogens is 384 g/mol. The first-order chi connectivity index (χ1) is 13.2. The molecule has 1 aromatic carbocycles. The highest BCUT2D eigenvalue weighted by Crippen LogP contribution is 2.38. The zero-order chi connectivity index (χ0) is 19.4. The van der Waals surface area contributed by atoms with Crippen molar-refractivity contribution in [3.05, 3.63) is 64.4 Å². The lowest BCUT2D eigenvalue weighted by Gasteiger charge is -2.07. The molecule has 0 fully saturated rings. The van der Waals surface area contributed by atoms with Crippen LogP contribution >= 0.6 is 22.9 Å². The Morgan fingerprint density at radius 2 is 1.89 bits per heavy atom. The quantitative estimate of drug-likeness (QED) is 0.471. The second-order valence-corrected chi connectivity index (χ2v) is 6.44. The largest absolute Gasteiger partial charge is 0.497 e. The molecule has 0 aliphatic rings. The third-order valence-corrected chi connectivity index (χ3v) is 4.91. The Labute approximate surface area is 165 Å². The van der Waals surface area contributed by atoms with Gasteiger partial charge in [-0.3, -0.25) is 9.20 Å². The summed E-state index contributed by atoms with van der Waals surface area (Å²) < 4.78 is 6.89. The lowest BCUT2D eigenvalue weighted by molar-refractivity contribution is 0.415. The number of rotatable bonds is 3. The fourth-order valence-electron chi connectivity index (χ4n) is 2.58. The van der Waals surface area contributed by atoms with Crippen LogP contribution in [0.2, 0.25) is 5.28 Å². The Morgan fingerprint density at radius 3 is 2.63 bits per heavy atom. The van der Waals surface area contributed by atoms with Crippen molar-refractivity contribution in [2.45, 2.75) is 13.8 Å². The van der Waals surface area contributed by atoms with E-state index in [1.807, 2.05) is 38.1 Å². The molecule has 6 nitrogen and oxygen atoms in total. The molecule has 0 bridgehead atoms. The third kappa shape index (κ3) is 3.70. The van der Waals surface area contributed by atoms with Gasteiger partial charge in [-0.05, 0) is 29.8 Å². The lowest BCUT2D eigenvalue weighted by Crippen LogP contribution is -2.12. The van der Waals surface area contributed by atoms with Gasteiger partial charge >= 0.3 is 0 Å². The van der Waals surface area contributed by atoms with Crippen LogP contribution in [-0.2, 0) is 0 Å². The fraction of sp³-hybridized carbons (Fsp3) is 0.158. The van der Waals surface area contributed by atoms with Crippen molar-refractivity contribution >= 4 is 27.9 Å². The van der Waals surface area contributed by atoms with E-state index in [-0.39, 0.29) is 10.8 Å². The van der Waals surface area contributed by atoms with Crippen LogP contribution in [0.1, 0.15) is 13.8 Å². The summed E-state index contributed by atoms with van der Waals surface area (Å²) in [5, 5.41) is 0.145. The number of aromatic nitrogens is 4. The number of methoxy groups -OCH3 is 1. The van der Waals surface area contributed by atoms with E-state index in [0.29, 0.717) is 22.1 Å². The van der Waals surface area contributed by atoms with Gasteiger partial charge in [0, 0.05) is 24.0 Å². The molecule has 0 saturated heterocycles. The van der Waals surface area contributed by atoms with Gasteiger partial charge in [0.25, 0.3) is 5.56 Å². The van der Waals surface area contributed by atoms with Crippen LogP contribution in [0, 0.1) is 0 Å². The van der Waals surface area contributed by atoms with Crippen molar-refractivity contribution in [2.75, 3.05) is 7.11 Å². The van der Waals surface area contributed by atoms with E-state index >= 15 is 0 Å². The highest BCUT2D eigenvalue weighted by molar-refractivity contribution is 7.20. The van der Waals surface area contributed by atoms with Gasteiger partial charge in [0.05, 0.1) is 23.4 Å². The maximum atomic E-state index is 12.5. The number of halogens is 1. The van der Waals surface area contributed by atoms with Crippen molar-refractivity contribution in [2.24, 2.45) is 0 Å². The van der Waals surface area contributed by atoms with Gasteiger partial charge in [-0.1, -0.05) is 37.3 Å². The van der Waals surface area contributed by atoms with Crippen LogP contribution in [0.3, 0.4) is 0 Å². The van der Waals surface area contributed by atoms with Gasteiger partial charge in [-0.25, -0.2) is 15.0 Å². The van der Waals surface area contributed by atoms with Crippen LogP contribution in [0.25, 0.3) is 26.8 Å². The van der Waals surface area contributed by atoms with Gasteiger partial charge < -0.3 is 4.74 Å². The molecule has 138 valence electrons. The molecule has 3 heterocycles. The summed E-state index contributed by atoms with van der Waals surface area (Å²) in [4.78, 5) is 26.4. The van der Waals surface area contributed by atoms with Gasteiger partial charge in [-0.15, -0.1) is 0 Å². The van der Waals surface area contributed by atoms with Gasteiger partial charge in [-0.2, -0.15) is 0 Å². The van der Waals surface area contributed by atoms with E-state index in [1.54, 1.807) is 23.8 Å². The number of fused-ring (bicyclic) bond motifs is 1. The summed E-state index contributed by atoms with van der Waals surface area (Å²) in [6.07, 6.45) is 3.08. The highest BCUT2D eigenvalue weighted by Gasteiger charge is 2.19. The fourth-order valence-corrected chi connectivity index (χ4v) is 3.82. The molecule has 8 heteroatoms. The molecule has 0 aliphatic carbocycles. The standard InChI is InChI=1S/C17H11ClN4O2S.C2H6/c1-24-11-4-2-3-10(9-11)14-15(12-5-7-19-16(18)21-12)25-17-20-8-6-13(23)22(14)17;1-2/h2-9H,1H3;1-2H3. The Bertz CT molecular complexity index is 1140. The molecule has 0 amide bonds. The van der Waals surface area contributed by atoms with Gasteiger partial charge in [0.15, 0.2) is 4.96 Å². The molecule has 0 unspecified atom stereocenters. The maximum Gasteiger partial charge on any atom is 0.258 e.